The molecule has 2 aromatic rings. The Balaban J connectivity index is 1.16. The SMILES string of the molecule is N#Cc1ccc(N2CCN(C3CCC(C4=NCc5ccccc5N4)C3)CC2)nc1. The van der Waals surface area contributed by atoms with Crippen LogP contribution in [0.15, 0.2) is 47.6 Å². The molecule has 0 amide bonds. The van der Waals surface area contributed by atoms with Crippen molar-refractivity contribution in [3.8, 4) is 6.07 Å². The van der Waals surface area contributed by atoms with E-state index in [2.05, 4.69) is 50.4 Å². The van der Waals surface area contributed by atoms with Gasteiger partial charge in [-0.15, -0.1) is 0 Å². The monoisotopic (exact) mass is 386 g/mol. The van der Waals surface area contributed by atoms with Crippen molar-refractivity contribution in [1.82, 2.24) is 9.88 Å². The van der Waals surface area contributed by atoms with E-state index in [9.17, 15) is 0 Å². The summed E-state index contributed by atoms with van der Waals surface area (Å²) in [6, 6.07) is 15.1. The average Bonchev–Trinajstić information content (AvgIpc) is 3.29. The molecule has 6 nitrogen and oxygen atoms in total. The molecule has 3 heterocycles. The molecule has 1 aromatic heterocycles. The minimum absolute atomic E-state index is 0.548. The van der Waals surface area contributed by atoms with Crippen molar-refractivity contribution in [1.29, 1.82) is 5.26 Å². The number of amidine groups is 1. The second kappa shape index (κ2) is 7.84. The summed E-state index contributed by atoms with van der Waals surface area (Å²) in [5, 5.41) is 12.5. The number of nitrogens with zero attached hydrogens (tertiary/aromatic N) is 5. The maximum absolute atomic E-state index is 8.94. The number of aliphatic imine (C=N–C) groups is 1. The first-order chi connectivity index (χ1) is 14.3. The van der Waals surface area contributed by atoms with Crippen LogP contribution < -0.4 is 10.2 Å². The Morgan fingerprint density at radius 1 is 1.03 bits per heavy atom. The van der Waals surface area contributed by atoms with Crippen LogP contribution in [0.4, 0.5) is 11.5 Å². The number of fused-ring (bicyclic) bond motifs is 1. The van der Waals surface area contributed by atoms with Gasteiger partial charge in [0, 0.05) is 50.0 Å². The third-order valence-electron chi connectivity index (χ3n) is 6.52. The number of anilines is 2. The molecule has 0 spiro atoms. The van der Waals surface area contributed by atoms with E-state index < -0.39 is 0 Å². The molecule has 1 saturated heterocycles. The van der Waals surface area contributed by atoms with Gasteiger partial charge in [0.2, 0.25) is 0 Å². The molecule has 3 aliphatic rings. The van der Waals surface area contributed by atoms with Gasteiger partial charge in [0.1, 0.15) is 17.7 Å². The molecule has 0 bridgehead atoms. The average molecular weight is 387 g/mol. The zero-order chi connectivity index (χ0) is 19.6. The van der Waals surface area contributed by atoms with E-state index in [1.807, 2.05) is 12.1 Å². The lowest BCUT2D eigenvalue weighted by Gasteiger charge is -2.38. The quantitative estimate of drug-likeness (QED) is 0.877. The molecular formula is C23H26N6. The summed E-state index contributed by atoms with van der Waals surface area (Å²) in [5.41, 5.74) is 3.13. The van der Waals surface area contributed by atoms with E-state index in [1.165, 1.54) is 36.3 Å². The maximum atomic E-state index is 8.94. The van der Waals surface area contributed by atoms with Crippen molar-refractivity contribution in [2.45, 2.75) is 31.8 Å². The highest BCUT2D eigenvalue weighted by Crippen LogP contribution is 2.33. The van der Waals surface area contributed by atoms with Gasteiger partial charge in [0.25, 0.3) is 0 Å². The van der Waals surface area contributed by atoms with Crippen LogP contribution in [0, 0.1) is 17.2 Å². The minimum Gasteiger partial charge on any atom is -0.354 e. The number of rotatable bonds is 3. The Labute approximate surface area is 171 Å². The fraction of sp³-hybridized carbons (Fsp3) is 0.435. The highest BCUT2D eigenvalue weighted by molar-refractivity contribution is 5.99. The van der Waals surface area contributed by atoms with E-state index in [4.69, 9.17) is 10.3 Å². The van der Waals surface area contributed by atoms with E-state index >= 15 is 0 Å². The molecular weight excluding hydrogens is 360 g/mol. The van der Waals surface area contributed by atoms with Crippen LogP contribution in [0.25, 0.3) is 0 Å². The van der Waals surface area contributed by atoms with Crippen LogP contribution in [0.1, 0.15) is 30.4 Å². The first-order valence-corrected chi connectivity index (χ1v) is 10.5. The first-order valence-electron chi connectivity index (χ1n) is 10.5. The topological polar surface area (TPSA) is 67.6 Å². The molecule has 148 valence electrons. The third-order valence-corrected chi connectivity index (χ3v) is 6.52. The van der Waals surface area contributed by atoms with Gasteiger partial charge in [0.05, 0.1) is 12.1 Å². The summed E-state index contributed by atoms with van der Waals surface area (Å²) >= 11 is 0. The molecule has 1 saturated carbocycles. The van der Waals surface area contributed by atoms with Gasteiger partial charge >= 0.3 is 0 Å². The zero-order valence-corrected chi connectivity index (χ0v) is 16.6. The van der Waals surface area contributed by atoms with Crippen molar-refractivity contribution in [2.75, 3.05) is 36.4 Å². The van der Waals surface area contributed by atoms with Crippen LogP contribution in [0.2, 0.25) is 0 Å². The Morgan fingerprint density at radius 3 is 2.69 bits per heavy atom. The number of hydrogen-bond donors (Lipinski definition) is 1. The number of aromatic nitrogens is 1. The van der Waals surface area contributed by atoms with E-state index in [-0.39, 0.29) is 0 Å². The lowest BCUT2D eigenvalue weighted by molar-refractivity contribution is 0.185. The minimum atomic E-state index is 0.548. The van der Waals surface area contributed by atoms with Crippen molar-refractivity contribution >= 4 is 17.3 Å². The van der Waals surface area contributed by atoms with Crippen LogP contribution in [0.3, 0.4) is 0 Å². The van der Waals surface area contributed by atoms with Crippen molar-refractivity contribution in [3.05, 3.63) is 53.7 Å². The first kappa shape index (κ1) is 18.1. The molecule has 2 atom stereocenters. The van der Waals surface area contributed by atoms with Gasteiger partial charge < -0.3 is 10.2 Å². The lowest BCUT2D eigenvalue weighted by Crippen LogP contribution is -2.50. The normalized spacial score (nSPS) is 24.4. The fourth-order valence-electron chi connectivity index (χ4n) is 4.85. The van der Waals surface area contributed by atoms with Gasteiger partial charge in [-0.25, -0.2) is 4.98 Å². The number of para-hydroxylation sites is 1. The Morgan fingerprint density at radius 2 is 1.90 bits per heavy atom. The van der Waals surface area contributed by atoms with Gasteiger partial charge in [-0.1, -0.05) is 18.2 Å². The van der Waals surface area contributed by atoms with Crippen molar-refractivity contribution in [3.63, 3.8) is 0 Å². The largest absolute Gasteiger partial charge is 0.354 e. The summed E-state index contributed by atoms with van der Waals surface area (Å²) in [6.45, 7) is 4.93. The summed E-state index contributed by atoms with van der Waals surface area (Å²) in [5.74, 6) is 2.71. The van der Waals surface area contributed by atoms with E-state index in [0.717, 1.165) is 38.5 Å². The molecule has 2 fully saturated rings. The molecule has 1 aliphatic carbocycles. The molecule has 1 aromatic carbocycles. The highest BCUT2D eigenvalue weighted by Gasteiger charge is 2.34. The number of benzene rings is 1. The van der Waals surface area contributed by atoms with Gasteiger partial charge in [-0.3, -0.25) is 9.89 Å². The number of piperazine rings is 1. The lowest BCUT2D eigenvalue weighted by atomic mass is 10.0. The predicted octanol–water partition coefficient (Wildman–Crippen LogP) is 3.27. The highest BCUT2D eigenvalue weighted by atomic mass is 15.3. The van der Waals surface area contributed by atoms with Crippen molar-refractivity contribution in [2.24, 2.45) is 10.9 Å². The second-order valence-electron chi connectivity index (χ2n) is 8.19. The summed E-state index contributed by atoms with van der Waals surface area (Å²) in [4.78, 5) is 14.3. The molecule has 5 rings (SSSR count). The van der Waals surface area contributed by atoms with Gasteiger partial charge in [-0.2, -0.15) is 5.26 Å². The molecule has 1 N–H and O–H groups in total. The summed E-state index contributed by atoms with van der Waals surface area (Å²) < 4.78 is 0. The molecule has 2 aliphatic heterocycles. The van der Waals surface area contributed by atoms with Crippen LogP contribution in [-0.2, 0) is 6.54 Å². The van der Waals surface area contributed by atoms with Gasteiger partial charge in [-0.05, 0) is 43.0 Å². The number of hydrogen-bond acceptors (Lipinski definition) is 6. The second-order valence-corrected chi connectivity index (χ2v) is 8.19. The Kier molecular flexibility index (Phi) is 4.91. The standard InChI is InChI=1S/C23H26N6/c24-14-17-5-8-22(25-15-17)29-11-9-28(10-12-29)20-7-6-18(13-20)23-26-16-19-3-1-2-4-21(19)27-23/h1-5,8,15,18,20H,6-7,9-13,16H2,(H,26,27). The van der Waals surface area contributed by atoms with E-state index in [0.29, 0.717) is 17.5 Å². The molecule has 6 heteroatoms. The van der Waals surface area contributed by atoms with Gasteiger partial charge in [0.15, 0.2) is 0 Å². The maximum Gasteiger partial charge on any atom is 0.128 e. The Bertz CT molecular complexity index is 937. The smallest absolute Gasteiger partial charge is 0.128 e. The van der Waals surface area contributed by atoms with Crippen molar-refractivity contribution < 1.29 is 0 Å². The Hall–Kier alpha value is -2.91. The van der Waals surface area contributed by atoms with E-state index in [1.54, 1.807) is 6.20 Å². The third kappa shape index (κ3) is 3.70. The van der Waals surface area contributed by atoms with Crippen LogP contribution in [-0.4, -0.2) is 47.9 Å². The molecule has 0 radical (unpaired) electrons. The predicted molar refractivity (Wildman–Crippen MR) is 115 cm³/mol. The summed E-state index contributed by atoms with van der Waals surface area (Å²) in [7, 11) is 0. The number of nitriles is 1. The zero-order valence-electron chi connectivity index (χ0n) is 16.6. The molecule has 2 unspecified atom stereocenters. The van der Waals surface area contributed by atoms with Crippen LogP contribution in [0.5, 0.6) is 0 Å². The van der Waals surface area contributed by atoms with Crippen LogP contribution >= 0.6 is 0 Å². The number of pyridine rings is 1. The fourth-order valence-corrected chi connectivity index (χ4v) is 4.85. The number of nitrogens with one attached hydrogen (secondary N) is 1. The summed E-state index contributed by atoms with van der Waals surface area (Å²) in [6.07, 6.45) is 5.33. The molecule has 29 heavy (non-hydrogen) atoms.